The smallest absolute Gasteiger partial charge is 0.374 e. The summed E-state index contributed by atoms with van der Waals surface area (Å²) in [5.74, 6) is 0. The van der Waals surface area contributed by atoms with Crippen molar-refractivity contribution in [2.24, 2.45) is 0 Å². The molecule has 0 aliphatic heterocycles. The van der Waals surface area contributed by atoms with Gasteiger partial charge in [-0.1, -0.05) is 0 Å². The summed E-state index contributed by atoms with van der Waals surface area (Å²) in [5.41, 5.74) is 0. The topological polar surface area (TPSA) is 51.5 Å². The van der Waals surface area contributed by atoms with Crippen molar-refractivity contribution in [3.8, 4) is 6.07 Å². The molecular formula is C11H23NO3Si. The fourth-order valence-corrected chi connectivity index (χ4v) is 4.23. The van der Waals surface area contributed by atoms with E-state index in [-0.39, 0.29) is 0 Å². The molecule has 16 heavy (non-hydrogen) atoms. The SMILES string of the molecule is CCO[Si](CCCCC#N)(OCC)OCC. The maximum absolute atomic E-state index is 8.47. The standard InChI is InChI=1S/C11H23NO3Si/c1-4-13-16(14-5-2,15-6-3)11-9-7-8-10-12/h4-9,11H2,1-3H3. The van der Waals surface area contributed by atoms with Gasteiger partial charge < -0.3 is 13.3 Å². The van der Waals surface area contributed by atoms with E-state index < -0.39 is 8.80 Å². The van der Waals surface area contributed by atoms with Gasteiger partial charge in [-0.15, -0.1) is 0 Å². The van der Waals surface area contributed by atoms with Crippen LogP contribution in [0.2, 0.25) is 6.04 Å². The quantitative estimate of drug-likeness (QED) is 0.438. The van der Waals surface area contributed by atoms with E-state index in [1.807, 2.05) is 20.8 Å². The Morgan fingerprint density at radius 2 is 1.44 bits per heavy atom. The van der Waals surface area contributed by atoms with Crippen molar-refractivity contribution in [2.45, 2.75) is 46.1 Å². The second-order valence-electron chi connectivity index (χ2n) is 3.35. The molecule has 0 aromatic carbocycles. The molecule has 0 aliphatic carbocycles. The number of rotatable bonds is 10. The van der Waals surface area contributed by atoms with E-state index in [1.54, 1.807) is 0 Å². The highest BCUT2D eigenvalue weighted by molar-refractivity contribution is 6.60. The highest BCUT2D eigenvalue weighted by Crippen LogP contribution is 2.19. The number of hydrogen-bond donors (Lipinski definition) is 0. The molecule has 0 amide bonds. The molecule has 0 aromatic heterocycles. The van der Waals surface area contributed by atoms with Crippen molar-refractivity contribution in [1.82, 2.24) is 0 Å². The van der Waals surface area contributed by atoms with Crippen molar-refractivity contribution in [2.75, 3.05) is 19.8 Å². The van der Waals surface area contributed by atoms with Crippen LogP contribution >= 0.6 is 0 Å². The Morgan fingerprint density at radius 3 is 1.81 bits per heavy atom. The zero-order valence-corrected chi connectivity index (χ0v) is 11.6. The van der Waals surface area contributed by atoms with E-state index in [1.165, 1.54) is 0 Å². The number of nitriles is 1. The fourth-order valence-electron chi connectivity index (χ4n) is 1.55. The van der Waals surface area contributed by atoms with Crippen LogP contribution in [-0.4, -0.2) is 28.6 Å². The Balaban J connectivity index is 4.18. The first-order valence-corrected chi connectivity index (χ1v) is 7.96. The molecule has 0 N–H and O–H groups in total. The molecule has 0 saturated heterocycles. The summed E-state index contributed by atoms with van der Waals surface area (Å²) in [7, 11) is -2.45. The van der Waals surface area contributed by atoms with Crippen molar-refractivity contribution in [1.29, 1.82) is 5.26 Å². The number of unbranched alkanes of at least 4 members (excludes halogenated alkanes) is 2. The fraction of sp³-hybridized carbons (Fsp3) is 0.909. The first-order chi connectivity index (χ1) is 7.74. The van der Waals surface area contributed by atoms with Crippen molar-refractivity contribution in [3.63, 3.8) is 0 Å². The maximum atomic E-state index is 8.47. The summed E-state index contributed by atoms with van der Waals surface area (Å²) < 4.78 is 17.1. The monoisotopic (exact) mass is 245 g/mol. The van der Waals surface area contributed by atoms with Gasteiger partial charge in [-0.2, -0.15) is 5.26 Å². The first-order valence-electron chi connectivity index (χ1n) is 6.03. The van der Waals surface area contributed by atoms with Gasteiger partial charge in [0.2, 0.25) is 0 Å². The molecule has 4 nitrogen and oxygen atoms in total. The summed E-state index contributed by atoms with van der Waals surface area (Å²) in [6, 6.07) is 2.95. The van der Waals surface area contributed by atoms with Gasteiger partial charge in [0, 0.05) is 32.3 Å². The van der Waals surface area contributed by atoms with Crippen LogP contribution in [0.25, 0.3) is 0 Å². The minimum atomic E-state index is -2.45. The van der Waals surface area contributed by atoms with E-state index in [9.17, 15) is 0 Å². The Hall–Kier alpha value is -0.413. The van der Waals surface area contributed by atoms with Gasteiger partial charge in [0.15, 0.2) is 0 Å². The molecule has 5 heteroatoms. The van der Waals surface area contributed by atoms with E-state index in [2.05, 4.69) is 6.07 Å². The van der Waals surface area contributed by atoms with Gasteiger partial charge in [0.1, 0.15) is 0 Å². The van der Waals surface area contributed by atoms with Crippen LogP contribution in [0.3, 0.4) is 0 Å². The van der Waals surface area contributed by atoms with Crippen molar-refractivity contribution < 1.29 is 13.3 Å². The lowest BCUT2D eigenvalue weighted by atomic mass is 10.3. The molecule has 0 rings (SSSR count). The average Bonchev–Trinajstić information content (AvgIpc) is 2.26. The lowest BCUT2D eigenvalue weighted by Crippen LogP contribution is -2.45. The molecule has 0 spiro atoms. The minimum absolute atomic E-state index is 0.592. The van der Waals surface area contributed by atoms with E-state index >= 15 is 0 Å². The van der Waals surface area contributed by atoms with E-state index in [4.69, 9.17) is 18.5 Å². The van der Waals surface area contributed by atoms with Gasteiger partial charge in [0.25, 0.3) is 0 Å². The lowest BCUT2D eigenvalue weighted by Gasteiger charge is -2.28. The summed E-state index contributed by atoms with van der Waals surface area (Å²) >= 11 is 0. The van der Waals surface area contributed by atoms with Crippen molar-refractivity contribution >= 4 is 8.80 Å². The van der Waals surface area contributed by atoms with Gasteiger partial charge in [-0.25, -0.2) is 0 Å². The molecule has 0 aromatic rings. The van der Waals surface area contributed by atoms with Crippen LogP contribution in [-0.2, 0) is 13.3 Å². The van der Waals surface area contributed by atoms with Crippen LogP contribution in [0.15, 0.2) is 0 Å². The second-order valence-corrected chi connectivity index (χ2v) is 6.08. The van der Waals surface area contributed by atoms with E-state index in [0.717, 1.165) is 18.9 Å². The maximum Gasteiger partial charge on any atom is 0.500 e. The molecule has 0 radical (unpaired) electrons. The molecule has 0 unspecified atom stereocenters. The van der Waals surface area contributed by atoms with Crippen LogP contribution < -0.4 is 0 Å². The summed E-state index contributed by atoms with van der Waals surface area (Å²) in [5, 5.41) is 8.47. The average molecular weight is 245 g/mol. The predicted molar refractivity (Wildman–Crippen MR) is 64.9 cm³/mol. The van der Waals surface area contributed by atoms with Crippen LogP contribution in [0.5, 0.6) is 0 Å². The lowest BCUT2D eigenvalue weighted by molar-refractivity contribution is 0.0707. The van der Waals surface area contributed by atoms with Gasteiger partial charge in [0.05, 0.1) is 6.07 Å². The van der Waals surface area contributed by atoms with Crippen LogP contribution in [0, 0.1) is 11.3 Å². The Morgan fingerprint density at radius 1 is 0.938 bits per heavy atom. The third-order valence-electron chi connectivity index (χ3n) is 2.11. The van der Waals surface area contributed by atoms with Gasteiger partial charge in [-0.3, -0.25) is 0 Å². The number of hydrogen-bond acceptors (Lipinski definition) is 4. The largest absolute Gasteiger partial charge is 0.500 e. The molecule has 0 bridgehead atoms. The minimum Gasteiger partial charge on any atom is -0.374 e. The molecule has 0 aliphatic rings. The van der Waals surface area contributed by atoms with Gasteiger partial charge >= 0.3 is 8.80 Å². The normalized spacial score (nSPS) is 11.4. The second kappa shape index (κ2) is 9.79. The molecule has 94 valence electrons. The molecule has 0 saturated carbocycles. The summed E-state index contributed by atoms with van der Waals surface area (Å²) in [6.07, 6.45) is 2.41. The zero-order valence-electron chi connectivity index (χ0n) is 10.6. The van der Waals surface area contributed by atoms with Crippen LogP contribution in [0.4, 0.5) is 0 Å². The first kappa shape index (κ1) is 15.6. The molecular weight excluding hydrogens is 222 g/mol. The molecule has 0 fully saturated rings. The van der Waals surface area contributed by atoms with Gasteiger partial charge in [-0.05, 0) is 33.6 Å². The van der Waals surface area contributed by atoms with E-state index in [0.29, 0.717) is 26.2 Å². The molecule has 0 atom stereocenters. The summed E-state index contributed by atoms with van der Waals surface area (Å²) in [6.45, 7) is 7.71. The zero-order chi connectivity index (χ0) is 12.3. The van der Waals surface area contributed by atoms with Crippen LogP contribution in [0.1, 0.15) is 40.0 Å². The third-order valence-corrected chi connectivity index (χ3v) is 5.27. The Labute approximate surface area is 99.9 Å². The Kier molecular flexibility index (Phi) is 9.53. The Bertz CT molecular complexity index is 189. The number of nitrogens with zero attached hydrogens (tertiary/aromatic N) is 1. The highest BCUT2D eigenvalue weighted by atomic mass is 28.4. The summed E-state index contributed by atoms with van der Waals surface area (Å²) in [4.78, 5) is 0. The third kappa shape index (κ3) is 6.23. The molecule has 0 heterocycles. The predicted octanol–water partition coefficient (Wildman–Crippen LogP) is 2.73. The highest BCUT2D eigenvalue weighted by Gasteiger charge is 2.39. The van der Waals surface area contributed by atoms with Crippen molar-refractivity contribution in [3.05, 3.63) is 0 Å².